The Balaban J connectivity index is 0.000000447. The Bertz CT molecular complexity index is 873. The number of aryl methyl sites for hydroxylation is 1. The molecule has 0 bridgehead atoms. The predicted octanol–water partition coefficient (Wildman–Crippen LogP) is 1.21. The summed E-state index contributed by atoms with van der Waals surface area (Å²) in [5.74, 6) is 0. The van der Waals surface area contributed by atoms with Crippen LogP contribution in [0.2, 0.25) is 0 Å². The predicted molar refractivity (Wildman–Crippen MR) is 120 cm³/mol. The molecule has 0 saturated heterocycles. The molecule has 0 fully saturated rings. The van der Waals surface area contributed by atoms with Crippen LogP contribution in [0.4, 0.5) is 0 Å². The minimum atomic E-state index is 0. The van der Waals surface area contributed by atoms with Gasteiger partial charge in [-0.3, -0.25) is 0 Å². The first-order valence-electron chi connectivity index (χ1n) is 10.1. The molecule has 0 nitrogen and oxygen atoms in total. The minimum absolute atomic E-state index is 0. The van der Waals surface area contributed by atoms with Gasteiger partial charge in [0.25, 0.3) is 0 Å². The molecule has 0 N–H and O–H groups in total. The first kappa shape index (κ1) is 29.1. The molecule has 0 saturated carbocycles. The third kappa shape index (κ3) is 8.70. The zero-order valence-corrected chi connectivity index (χ0v) is 22.9. The van der Waals surface area contributed by atoms with Crippen LogP contribution in [0.5, 0.6) is 0 Å². The Morgan fingerprint density at radius 3 is 2.17 bits per heavy atom. The fourth-order valence-corrected chi connectivity index (χ4v) is 3.03. The number of hydrogen-bond donors (Lipinski definition) is 0. The van der Waals surface area contributed by atoms with E-state index < -0.39 is 0 Å². The molecule has 0 radical (unpaired) electrons. The van der Waals surface area contributed by atoms with Crippen molar-refractivity contribution in [2.75, 3.05) is 0 Å². The Kier molecular flexibility index (Phi) is 13.1. The van der Waals surface area contributed by atoms with E-state index >= 15 is 0 Å². The summed E-state index contributed by atoms with van der Waals surface area (Å²) >= 11 is 1.59. The van der Waals surface area contributed by atoms with Crippen molar-refractivity contribution in [1.29, 1.82) is 0 Å². The molecular weight excluding hydrogens is 486 g/mol. The maximum atomic E-state index is 3.30. The quantitative estimate of drug-likeness (QED) is 0.333. The summed E-state index contributed by atoms with van der Waals surface area (Å²) in [6, 6.07) is 24.7. The van der Waals surface area contributed by atoms with E-state index in [1.54, 1.807) is 27.4 Å². The third-order valence-corrected chi connectivity index (χ3v) is 5.79. The van der Waals surface area contributed by atoms with Crippen molar-refractivity contribution in [2.24, 2.45) is 0 Å². The molecule has 160 valence electrons. The number of hydrogen-bond acceptors (Lipinski definition) is 0. The van der Waals surface area contributed by atoms with E-state index in [-0.39, 0.29) is 24.8 Å². The standard InChI is InChI=1S/C13H9.C10H15.C4H8.2ClH.Zr/c1-3-7-12-10(5-1)9-11-6-2-4-8-13(11)12;1-8-5-6-9(7-8)10(2,3)4;1-3-4-2;;;/h1-5,7-8H,9H2;5-7H,1-4H3;3H2,1-2H3;2*1H;/q2*-1;;;;+2/p-2. The van der Waals surface area contributed by atoms with Crippen LogP contribution in [0, 0.1) is 13.0 Å². The molecule has 3 aromatic carbocycles. The largest absolute Gasteiger partial charge is 1.00 e. The van der Waals surface area contributed by atoms with Crippen LogP contribution in [0.25, 0.3) is 11.1 Å². The van der Waals surface area contributed by atoms with Crippen LogP contribution < -0.4 is 24.8 Å². The number of rotatable bonds is 1. The van der Waals surface area contributed by atoms with Crippen molar-refractivity contribution in [1.82, 2.24) is 0 Å². The van der Waals surface area contributed by atoms with E-state index in [1.165, 1.54) is 39.8 Å². The molecule has 0 aromatic heterocycles. The Labute approximate surface area is 211 Å². The van der Waals surface area contributed by atoms with Crippen molar-refractivity contribution in [2.45, 2.75) is 59.8 Å². The van der Waals surface area contributed by atoms with Crippen LogP contribution in [-0.2, 0) is 36.1 Å². The van der Waals surface area contributed by atoms with E-state index in [0.717, 1.165) is 6.42 Å². The van der Waals surface area contributed by atoms with Gasteiger partial charge in [0, 0.05) is 0 Å². The van der Waals surface area contributed by atoms with Gasteiger partial charge in [-0.1, -0.05) is 68.5 Å². The molecule has 0 atom stereocenters. The van der Waals surface area contributed by atoms with Gasteiger partial charge in [-0.25, -0.2) is 6.07 Å². The van der Waals surface area contributed by atoms with Crippen LogP contribution in [-0.4, -0.2) is 3.21 Å². The van der Waals surface area contributed by atoms with E-state index in [0.29, 0.717) is 5.41 Å². The van der Waals surface area contributed by atoms with Gasteiger partial charge in [-0.05, 0) is 6.42 Å². The molecule has 3 aromatic rings. The summed E-state index contributed by atoms with van der Waals surface area (Å²) in [6.07, 6.45) is 2.31. The van der Waals surface area contributed by atoms with E-state index in [1.807, 2.05) is 6.07 Å². The zero-order valence-electron chi connectivity index (χ0n) is 18.9. The molecule has 0 aliphatic heterocycles. The molecule has 3 heteroatoms. The normalized spacial score (nSPS) is 10.7. The monoisotopic (exact) mass is 516 g/mol. The maximum absolute atomic E-state index is 3.30. The summed E-state index contributed by atoms with van der Waals surface area (Å²) < 4.78 is 1.59. The van der Waals surface area contributed by atoms with Gasteiger partial charge in [0.15, 0.2) is 0 Å². The van der Waals surface area contributed by atoms with Crippen LogP contribution in [0.3, 0.4) is 0 Å². The van der Waals surface area contributed by atoms with Crippen LogP contribution in [0.15, 0.2) is 60.7 Å². The van der Waals surface area contributed by atoms with Crippen molar-refractivity contribution in [3.63, 3.8) is 0 Å². The molecule has 0 amide bonds. The Hall–Kier alpha value is -0.877. The number of benzene rings is 2. The molecule has 0 heterocycles. The van der Waals surface area contributed by atoms with Crippen molar-refractivity contribution >= 4 is 3.21 Å². The summed E-state index contributed by atoms with van der Waals surface area (Å²) in [7, 11) is 0. The third-order valence-electron chi connectivity index (χ3n) is 4.92. The summed E-state index contributed by atoms with van der Waals surface area (Å²) in [5.41, 5.74) is 8.62. The van der Waals surface area contributed by atoms with Crippen molar-refractivity contribution in [3.05, 3.63) is 89.0 Å². The first-order chi connectivity index (χ1) is 13.2. The molecule has 1 aliphatic rings. The maximum Gasteiger partial charge on any atom is -0.0253 e. The topological polar surface area (TPSA) is 0 Å². The Morgan fingerprint density at radius 2 is 1.67 bits per heavy atom. The fraction of sp³-hybridized carbons (Fsp3) is 0.333. The fourth-order valence-electron chi connectivity index (χ4n) is 3.03. The number of fused-ring (bicyclic) bond motifs is 3. The van der Waals surface area contributed by atoms with Gasteiger partial charge in [-0.2, -0.15) is 53.1 Å². The van der Waals surface area contributed by atoms with Crippen LogP contribution >= 0.6 is 0 Å². The second-order valence-corrected chi connectivity index (χ2v) is 10.6. The summed E-state index contributed by atoms with van der Waals surface area (Å²) in [4.78, 5) is 0. The molecule has 0 spiro atoms. The van der Waals surface area contributed by atoms with Gasteiger partial charge in [-0.15, -0.1) is 5.56 Å². The average molecular weight is 519 g/mol. The van der Waals surface area contributed by atoms with Crippen LogP contribution in [0.1, 0.15) is 63.3 Å². The van der Waals surface area contributed by atoms with E-state index in [4.69, 9.17) is 0 Å². The second-order valence-electron chi connectivity index (χ2n) is 8.46. The minimum Gasteiger partial charge on any atom is -1.00 e. The van der Waals surface area contributed by atoms with Crippen molar-refractivity contribution < 1.29 is 49.0 Å². The zero-order chi connectivity index (χ0) is 20.7. The molecule has 30 heavy (non-hydrogen) atoms. The smallest absolute Gasteiger partial charge is 0.0253 e. The molecule has 0 unspecified atom stereocenters. The first-order valence-corrected chi connectivity index (χ1v) is 11.3. The van der Waals surface area contributed by atoms with Gasteiger partial charge < -0.3 is 24.8 Å². The van der Waals surface area contributed by atoms with E-state index in [9.17, 15) is 0 Å². The van der Waals surface area contributed by atoms with Gasteiger partial charge in [0.2, 0.25) is 0 Å². The molecule has 4 rings (SSSR count). The molecular formula is C27H32Cl2Zr-2. The van der Waals surface area contributed by atoms with Gasteiger partial charge >= 0.3 is 47.7 Å². The second kappa shape index (κ2) is 13.5. The average Bonchev–Trinajstić information content (AvgIpc) is 3.26. The van der Waals surface area contributed by atoms with Gasteiger partial charge in [0.05, 0.1) is 0 Å². The summed E-state index contributed by atoms with van der Waals surface area (Å²) in [5, 5.41) is 0. The van der Waals surface area contributed by atoms with Crippen molar-refractivity contribution in [3.8, 4) is 11.1 Å². The van der Waals surface area contributed by atoms with Gasteiger partial charge in [0.1, 0.15) is 0 Å². The summed E-state index contributed by atoms with van der Waals surface area (Å²) in [6.45, 7) is 13.2. The molecule has 1 aliphatic carbocycles. The number of halogens is 2. The Morgan fingerprint density at radius 1 is 1.07 bits per heavy atom. The van der Waals surface area contributed by atoms with E-state index in [2.05, 4.69) is 102 Å². The SMILES string of the molecule is CC[C](C)=[Zr+2].Cc1cc(C(C)(C)C)c[cH-]1.[Cl-].[Cl-].[c-]1cccc2c1Cc1ccccc1-2.